The van der Waals surface area contributed by atoms with Crippen LogP contribution in [0.1, 0.15) is 60.5 Å². The normalized spacial score (nSPS) is 19.7. The summed E-state index contributed by atoms with van der Waals surface area (Å²) >= 11 is 0. The van der Waals surface area contributed by atoms with E-state index in [1.165, 1.54) is 17.9 Å². The van der Waals surface area contributed by atoms with E-state index in [4.69, 9.17) is 4.74 Å². The number of rotatable bonds is 9. The second kappa shape index (κ2) is 6.42. The fourth-order valence-electron chi connectivity index (χ4n) is 2.76. The van der Waals surface area contributed by atoms with E-state index >= 15 is 0 Å². The van der Waals surface area contributed by atoms with Gasteiger partial charge in [-0.1, -0.05) is 6.07 Å². The zero-order valence-electron chi connectivity index (χ0n) is 13.7. The SMILES string of the molecule is O=CN(CC1CC1)NC(=O)c1ccc(C2CC2)c(OCC2CC2)n1. The van der Waals surface area contributed by atoms with Gasteiger partial charge in [-0.25, -0.2) is 4.98 Å². The first-order valence-electron chi connectivity index (χ1n) is 8.89. The van der Waals surface area contributed by atoms with Crippen LogP contribution in [0.3, 0.4) is 0 Å². The summed E-state index contributed by atoms with van der Waals surface area (Å²) in [5, 5.41) is 1.32. The summed E-state index contributed by atoms with van der Waals surface area (Å²) in [6.07, 6.45) is 7.66. The molecule has 0 unspecified atom stereocenters. The monoisotopic (exact) mass is 329 g/mol. The number of amides is 2. The number of hydrazine groups is 1. The van der Waals surface area contributed by atoms with Gasteiger partial charge in [0.2, 0.25) is 12.3 Å². The minimum absolute atomic E-state index is 0.299. The average molecular weight is 329 g/mol. The second-order valence-electron chi connectivity index (χ2n) is 7.26. The van der Waals surface area contributed by atoms with Crippen LogP contribution in [0.15, 0.2) is 12.1 Å². The van der Waals surface area contributed by atoms with Crippen molar-refractivity contribution in [2.75, 3.05) is 13.2 Å². The Morgan fingerprint density at radius 1 is 1.21 bits per heavy atom. The molecule has 1 N–H and O–H groups in total. The third kappa shape index (κ3) is 3.86. The van der Waals surface area contributed by atoms with Gasteiger partial charge in [0, 0.05) is 12.1 Å². The molecule has 1 heterocycles. The van der Waals surface area contributed by atoms with Gasteiger partial charge in [-0.05, 0) is 62.3 Å². The standard InChI is InChI=1S/C18H23N3O3/c22-11-21(9-12-1-2-12)20-17(23)16-8-7-15(14-5-6-14)18(19-16)24-10-13-3-4-13/h7-8,11-14H,1-6,9-10H2,(H,20,23). The lowest BCUT2D eigenvalue weighted by Gasteiger charge is -2.18. The first-order chi connectivity index (χ1) is 11.7. The third-order valence-electron chi connectivity index (χ3n) is 4.82. The number of ether oxygens (including phenoxy) is 1. The summed E-state index contributed by atoms with van der Waals surface area (Å²) in [6, 6.07) is 3.68. The molecule has 0 aromatic carbocycles. The van der Waals surface area contributed by atoms with E-state index in [1.807, 2.05) is 6.07 Å². The largest absolute Gasteiger partial charge is 0.477 e. The van der Waals surface area contributed by atoms with E-state index in [9.17, 15) is 9.59 Å². The average Bonchev–Trinajstić information content (AvgIpc) is 3.46. The van der Waals surface area contributed by atoms with Crippen molar-refractivity contribution in [3.8, 4) is 5.88 Å². The minimum Gasteiger partial charge on any atom is -0.477 e. The number of nitrogens with one attached hydrogen (secondary N) is 1. The Kier molecular flexibility index (Phi) is 4.12. The molecule has 3 aliphatic rings. The van der Waals surface area contributed by atoms with Crippen LogP contribution in [-0.2, 0) is 4.79 Å². The van der Waals surface area contributed by atoms with Crippen molar-refractivity contribution >= 4 is 12.3 Å². The summed E-state index contributed by atoms with van der Waals surface area (Å²) in [5.41, 5.74) is 4.04. The molecule has 0 aliphatic heterocycles. The van der Waals surface area contributed by atoms with Crippen molar-refractivity contribution in [2.45, 2.75) is 44.4 Å². The number of hydrogen-bond donors (Lipinski definition) is 1. The molecule has 0 saturated heterocycles. The maximum atomic E-state index is 12.4. The van der Waals surface area contributed by atoms with Gasteiger partial charge in [0.05, 0.1) is 6.61 Å². The molecule has 24 heavy (non-hydrogen) atoms. The van der Waals surface area contributed by atoms with Crippen molar-refractivity contribution in [3.63, 3.8) is 0 Å². The van der Waals surface area contributed by atoms with Crippen molar-refractivity contribution in [2.24, 2.45) is 11.8 Å². The summed E-state index contributed by atoms with van der Waals surface area (Å²) < 4.78 is 5.88. The lowest BCUT2D eigenvalue weighted by atomic mass is 10.1. The lowest BCUT2D eigenvalue weighted by molar-refractivity contribution is -0.120. The number of pyridine rings is 1. The van der Waals surface area contributed by atoms with E-state index in [0.29, 0.717) is 48.9 Å². The van der Waals surface area contributed by atoms with Gasteiger partial charge in [-0.3, -0.25) is 20.0 Å². The molecule has 0 spiro atoms. The molecule has 3 saturated carbocycles. The smallest absolute Gasteiger partial charge is 0.288 e. The highest BCUT2D eigenvalue weighted by Crippen LogP contribution is 2.44. The molecule has 4 rings (SSSR count). The molecule has 3 fully saturated rings. The first kappa shape index (κ1) is 15.4. The predicted molar refractivity (Wildman–Crippen MR) is 87.4 cm³/mol. The molecular formula is C18H23N3O3. The fraction of sp³-hybridized carbons (Fsp3) is 0.611. The molecule has 0 atom stereocenters. The Morgan fingerprint density at radius 2 is 1.96 bits per heavy atom. The number of carbonyl (C=O) groups excluding carboxylic acids is 2. The topological polar surface area (TPSA) is 71.5 Å². The van der Waals surface area contributed by atoms with Crippen LogP contribution in [0.2, 0.25) is 0 Å². The number of aromatic nitrogens is 1. The highest BCUT2D eigenvalue weighted by Gasteiger charge is 2.30. The lowest BCUT2D eigenvalue weighted by Crippen LogP contribution is -2.42. The maximum absolute atomic E-state index is 12.4. The Bertz CT molecular complexity index is 636. The van der Waals surface area contributed by atoms with Crippen molar-refractivity contribution in [1.82, 2.24) is 15.4 Å². The molecular weight excluding hydrogens is 306 g/mol. The number of hydrogen-bond acceptors (Lipinski definition) is 4. The Hall–Kier alpha value is -2.11. The Balaban J connectivity index is 1.45. The summed E-state index contributed by atoms with van der Waals surface area (Å²) in [5.74, 6) is 1.90. The number of carbonyl (C=O) groups is 2. The quantitative estimate of drug-likeness (QED) is 0.557. The fourth-order valence-corrected chi connectivity index (χ4v) is 2.76. The summed E-state index contributed by atoms with van der Waals surface area (Å²) in [4.78, 5) is 27.9. The zero-order chi connectivity index (χ0) is 16.5. The molecule has 0 radical (unpaired) electrons. The molecule has 1 aromatic heterocycles. The molecule has 2 amide bonds. The van der Waals surface area contributed by atoms with Gasteiger partial charge in [0.15, 0.2) is 0 Å². The summed E-state index contributed by atoms with van der Waals surface area (Å²) in [7, 11) is 0. The van der Waals surface area contributed by atoms with Crippen LogP contribution >= 0.6 is 0 Å². The second-order valence-corrected chi connectivity index (χ2v) is 7.26. The molecule has 3 aliphatic carbocycles. The van der Waals surface area contributed by atoms with Gasteiger partial charge in [0.25, 0.3) is 5.91 Å². The molecule has 128 valence electrons. The Labute approximate surface area is 141 Å². The molecule has 1 aromatic rings. The molecule has 6 nitrogen and oxygen atoms in total. The third-order valence-corrected chi connectivity index (χ3v) is 4.82. The van der Waals surface area contributed by atoms with Crippen molar-refractivity contribution in [3.05, 3.63) is 23.4 Å². The van der Waals surface area contributed by atoms with E-state index in [-0.39, 0.29) is 5.91 Å². The minimum atomic E-state index is -0.360. The van der Waals surface area contributed by atoms with Crippen molar-refractivity contribution < 1.29 is 14.3 Å². The summed E-state index contributed by atoms with van der Waals surface area (Å²) in [6.45, 7) is 1.25. The predicted octanol–water partition coefficient (Wildman–Crippen LogP) is 2.26. The van der Waals surface area contributed by atoms with E-state index in [2.05, 4.69) is 10.4 Å². The van der Waals surface area contributed by atoms with Gasteiger partial charge in [-0.15, -0.1) is 0 Å². The molecule has 0 bridgehead atoms. The van der Waals surface area contributed by atoms with Crippen LogP contribution in [-0.4, -0.2) is 35.5 Å². The van der Waals surface area contributed by atoms with Crippen LogP contribution in [0.25, 0.3) is 0 Å². The van der Waals surface area contributed by atoms with E-state index in [0.717, 1.165) is 31.2 Å². The van der Waals surface area contributed by atoms with Crippen LogP contribution < -0.4 is 10.2 Å². The first-order valence-corrected chi connectivity index (χ1v) is 8.89. The van der Waals surface area contributed by atoms with Gasteiger partial charge in [0.1, 0.15) is 5.69 Å². The highest BCUT2D eigenvalue weighted by atomic mass is 16.5. The van der Waals surface area contributed by atoms with Crippen molar-refractivity contribution in [1.29, 1.82) is 0 Å². The maximum Gasteiger partial charge on any atom is 0.288 e. The van der Waals surface area contributed by atoms with Crippen LogP contribution in [0.5, 0.6) is 5.88 Å². The van der Waals surface area contributed by atoms with Crippen LogP contribution in [0, 0.1) is 11.8 Å². The zero-order valence-corrected chi connectivity index (χ0v) is 13.7. The molecule has 6 heteroatoms. The van der Waals surface area contributed by atoms with Gasteiger partial charge >= 0.3 is 0 Å². The van der Waals surface area contributed by atoms with Gasteiger partial charge < -0.3 is 4.74 Å². The Morgan fingerprint density at radius 3 is 2.58 bits per heavy atom. The van der Waals surface area contributed by atoms with Crippen LogP contribution in [0.4, 0.5) is 0 Å². The van der Waals surface area contributed by atoms with E-state index in [1.54, 1.807) is 6.07 Å². The van der Waals surface area contributed by atoms with Gasteiger partial charge in [-0.2, -0.15) is 0 Å². The van der Waals surface area contributed by atoms with E-state index < -0.39 is 0 Å². The highest BCUT2D eigenvalue weighted by molar-refractivity contribution is 5.92. The number of nitrogens with zero attached hydrogens (tertiary/aromatic N) is 2.